The molecule has 1 fully saturated rings. The van der Waals surface area contributed by atoms with Crippen LogP contribution in [0.4, 0.5) is 4.79 Å². The number of aromatic nitrogens is 4. The van der Waals surface area contributed by atoms with E-state index in [4.69, 9.17) is 5.26 Å². The normalized spacial score (nSPS) is 16.9. The molecule has 0 spiro atoms. The largest absolute Gasteiger partial charge is 0.346 e. The molecule has 8 nitrogen and oxygen atoms in total. The summed E-state index contributed by atoms with van der Waals surface area (Å²) in [5.74, 6) is -0.0506. The molecular weight excluding hydrogens is 330 g/mol. The lowest BCUT2D eigenvalue weighted by Crippen LogP contribution is -2.38. The Labute approximate surface area is 150 Å². The topological polar surface area (TPSA) is 103 Å². The van der Waals surface area contributed by atoms with Crippen molar-refractivity contribution in [3.63, 3.8) is 0 Å². The van der Waals surface area contributed by atoms with Crippen LogP contribution in [0.25, 0.3) is 27.8 Å². The summed E-state index contributed by atoms with van der Waals surface area (Å²) in [6.45, 7) is 5.76. The Hall–Kier alpha value is -3.34. The van der Waals surface area contributed by atoms with Gasteiger partial charge in [-0.1, -0.05) is 6.58 Å². The van der Waals surface area contributed by atoms with Gasteiger partial charge < -0.3 is 19.8 Å². The van der Waals surface area contributed by atoms with Gasteiger partial charge >= 0.3 is 6.03 Å². The first-order valence-electron chi connectivity index (χ1n) is 8.57. The van der Waals surface area contributed by atoms with Crippen LogP contribution in [0.3, 0.4) is 0 Å². The fraction of sp³-hybridized carbons (Fsp3) is 0.333. The van der Waals surface area contributed by atoms with E-state index in [2.05, 4.69) is 32.9 Å². The number of fused-ring (bicyclic) bond motifs is 3. The monoisotopic (exact) mass is 349 g/mol. The quantitative estimate of drug-likeness (QED) is 0.754. The molecule has 8 heteroatoms. The van der Waals surface area contributed by atoms with Crippen molar-refractivity contribution in [1.29, 1.82) is 5.26 Å². The molecule has 1 atom stereocenters. The number of nitriles is 1. The summed E-state index contributed by atoms with van der Waals surface area (Å²) < 4.78 is 1.95. The van der Waals surface area contributed by atoms with Crippen molar-refractivity contribution in [3.8, 4) is 6.07 Å². The van der Waals surface area contributed by atoms with Crippen molar-refractivity contribution in [2.24, 2.45) is 5.92 Å². The van der Waals surface area contributed by atoms with Gasteiger partial charge in [-0.25, -0.2) is 14.8 Å². The minimum atomic E-state index is -0.122. The molecule has 1 aliphatic rings. The molecule has 0 bridgehead atoms. The number of H-pyrrole nitrogens is 1. The number of rotatable bonds is 4. The molecule has 4 rings (SSSR count). The Morgan fingerprint density at radius 3 is 3.19 bits per heavy atom. The number of carbonyl (C=O) groups is 1. The van der Waals surface area contributed by atoms with Crippen molar-refractivity contribution in [1.82, 2.24) is 29.7 Å². The number of nitrogens with zero attached hydrogens (tertiary/aromatic N) is 5. The Morgan fingerprint density at radius 1 is 1.50 bits per heavy atom. The number of aromatic amines is 1. The Balaban J connectivity index is 1.41. The Bertz CT molecular complexity index is 1030. The molecular formula is C18H19N7O. The van der Waals surface area contributed by atoms with E-state index in [0.29, 0.717) is 26.1 Å². The summed E-state index contributed by atoms with van der Waals surface area (Å²) in [5, 5.41) is 12.8. The van der Waals surface area contributed by atoms with Crippen LogP contribution in [0.1, 0.15) is 12.8 Å². The van der Waals surface area contributed by atoms with E-state index in [1.54, 1.807) is 17.4 Å². The third-order valence-electron chi connectivity index (χ3n) is 4.78. The number of amides is 2. The zero-order chi connectivity index (χ0) is 18.1. The number of nitrogens with one attached hydrogen (secondary N) is 2. The molecule has 4 heterocycles. The van der Waals surface area contributed by atoms with E-state index in [9.17, 15) is 4.79 Å². The summed E-state index contributed by atoms with van der Waals surface area (Å²) in [7, 11) is 0. The second-order valence-electron chi connectivity index (χ2n) is 6.46. The van der Waals surface area contributed by atoms with E-state index in [-0.39, 0.29) is 11.9 Å². The second-order valence-corrected chi connectivity index (χ2v) is 6.46. The first-order chi connectivity index (χ1) is 12.7. The Kier molecular flexibility index (Phi) is 4.05. The van der Waals surface area contributed by atoms with Gasteiger partial charge in [0.2, 0.25) is 0 Å². The molecule has 0 aromatic carbocycles. The number of pyridine rings is 1. The van der Waals surface area contributed by atoms with Crippen molar-refractivity contribution in [2.45, 2.75) is 12.8 Å². The van der Waals surface area contributed by atoms with Crippen LogP contribution < -0.4 is 5.32 Å². The first-order valence-corrected chi connectivity index (χ1v) is 8.57. The van der Waals surface area contributed by atoms with Crippen LogP contribution in [0.5, 0.6) is 0 Å². The number of carbonyl (C=O) groups excluding carboxylic acids is 1. The fourth-order valence-electron chi connectivity index (χ4n) is 3.34. The number of hydrogen-bond donors (Lipinski definition) is 2. The average Bonchev–Trinajstić information content (AvgIpc) is 3.38. The Morgan fingerprint density at radius 2 is 2.38 bits per heavy atom. The standard InChI is InChI=1S/C18H19N7O/c1-12(2-5-21-18(26)24-7-4-13(8-19)10-24)25-11-23-15-9-22-17-14(16(15)25)3-6-20-17/h3,6,9,11,13H,1-2,4-5,7,10H2,(H,20,22)(H,21,26). The molecule has 132 valence electrons. The van der Waals surface area contributed by atoms with Gasteiger partial charge in [0.05, 0.1) is 23.7 Å². The molecule has 26 heavy (non-hydrogen) atoms. The smallest absolute Gasteiger partial charge is 0.317 e. The fourth-order valence-corrected chi connectivity index (χ4v) is 3.34. The summed E-state index contributed by atoms with van der Waals surface area (Å²) >= 11 is 0. The van der Waals surface area contributed by atoms with Gasteiger partial charge in [0.25, 0.3) is 0 Å². The molecule has 2 amide bonds. The molecule has 1 unspecified atom stereocenters. The van der Waals surface area contributed by atoms with Crippen molar-refractivity contribution >= 4 is 33.8 Å². The van der Waals surface area contributed by atoms with Gasteiger partial charge in [-0.3, -0.25) is 0 Å². The third-order valence-corrected chi connectivity index (χ3v) is 4.78. The van der Waals surface area contributed by atoms with E-state index in [1.807, 2.05) is 16.8 Å². The maximum atomic E-state index is 12.2. The predicted octanol–water partition coefficient (Wildman–Crippen LogP) is 2.33. The summed E-state index contributed by atoms with van der Waals surface area (Å²) in [6, 6.07) is 4.06. The molecule has 0 radical (unpaired) electrons. The van der Waals surface area contributed by atoms with Crippen molar-refractivity contribution in [2.75, 3.05) is 19.6 Å². The highest BCUT2D eigenvalue weighted by Crippen LogP contribution is 2.25. The van der Waals surface area contributed by atoms with Crippen LogP contribution in [0.15, 0.2) is 31.4 Å². The predicted molar refractivity (Wildman–Crippen MR) is 98.0 cm³/mol. The SMILES string of the molecule is C=C(CCNC(=O)N1CCC(C#N)C1)n1cnc2cnc3[nH]ccc3c21. The number of hydrogen-bond acceptors (Lipinski definition) is 4. The number of urea groups is 1. The van der Waals surface area contributed by atoms with E-state index in [1.165, 1.54) is 0 Å². The lowest BCUT2D eigenvalue weighted by Gasteiger charge is -2.17. The lowest BCUT2D eigenvalue weighted by atomic mass is 10.1. The second kappa shape index (κ2) is 6.52. The van der Waals surface area contributed by atoms with Crippen LogP contribution in [-0.4, -0.2) is 50.1 Å². The van der Waals surface area contributed by atoms with Gasteiger partial charge in [0, 0.05) is 43.3 Å². The van der Waals surface area contributed by atoms with Gasteiger partial charge in [-0.2, -0.15) is 5.26 Å². The molecule has 3 aromatic heterocycles. The van der Waals surface area contributed by atoms with E-state index >= 15 is 0 Å². The van der Waals surface area contributed by atoms with Gasteiger partial charge in [0.15, 0.2) is 0 Å². The molecule has 3 aromatic rings. The maximum Gasteiger partial charge on any atom is 0.317 e. The molecule has 2 N–H and O–H groups in total. The highest BCUT2D eigenvalue weighted by atomic mass is 16.2. The highest BCUT2D eigenvalue weighted by molar-refractivity contribution is 6.02. The van der Waals surface area contributed by atoms with Crippen molar-refractivity contribution in [3.05, 3.63) is 31.4 Å². The van der Waals surface area contributed by atoms with E-state index in [0.717, 1.165) is 34.2 Å². The minimum absolute atomic E-state index is 0.0506. The maximum absolute atomic E-state index is 12.2. The van der Waals surface area contributed by atoms with E-state index < -0.39 is 0 Å². The number of imidazole rings is 1. The minimum Gasteiger partial charge on any atom is -0.346 e. The van der Waals surface area contributed by atoms with Crippen LogP contribution in [0.2, 0.25) is 0 Å². The zero-order valence-corrected chi connectivity index (χ0v) is 14.3. The van der Waals surface area contributed by atoms with Gasteiger partial charge in [-0.15, -0.1) is 0 Å². The molecule has 0 saturated carbocycles. The summed E-state index contributed by atoms with van der Waals surface area (Å²) in [4.78, 5) is 25.7. The molecule has 0 aliphatic carbocycles. The lowest BCUT2D eigenvalue weighted by molar-refractivity contribution is 0.208. The zero-order valence-electron chi connectivity index (χ0n) is 14.3. The van der Waals surface area contributed by atoms with Gasteiger partial charge in [0.1, 0.15) is 17.5 Å². The molecule has 1 aliphatic heterocycles. The van der Waals surface area contributed by atoms with Crippen LogP contribution in [0, 0.1) is 17.2 Å². The first kappa shape index (κ1) is 16.1. The third kappa shape index (κ3) is 2.77. The summed E-state index contributed by atoms with van der Waals surface area (Å²) in [5.41, 5.74) is 3.42. The average molecular weight is 349 g/mol. The van der Waals surface area contributed by atoms with Crippen molar-refractivity contribution < 1.29 is 4.79 Å². The van der Waals surface area contributed by atoms with Gasteiger partial charge in [-0.05, 0) is 12.5 Å². The van der Waals surface area contributed by atoms with Crippen LogP contribution in [-0.2, 0) is 0 Å². The number of likely N-dealkylation sites (tertiary alicyclic amines) is 1. The highest BCUT2D eigenvalue weighted by Gasteiger charge is 2.25. The molecule has 1 saturated heterocycles. The van der Waals surface area contributed by atoms with Crippen LogP contribution >= 0.6 is 0 Å². The summed E-state index contributed by atoms with van der Waals surface area (Å²) in [6.07, 6.45) is 6.67.